The molecule has 2 aromatic carbocycles. The van der Waals surface area contributed by atoms with E-state index in [0.717, 1.165) is 22.8 Å². The summed E-state index contributed by atoms with van der Waals surface area (Å²) in [6, 6.07) is 20.3. The minimum Gasteiger partial charge on any atom is -0.391 e. The van der Waals surface area contributed by atoms with E-state index in [2.05, 4.69) is 17.3 Å². The number of oxime groups is 1. The largest absolute Gasteiger partial charge is 0.391 e. The molecule has 1 heterocycles. The van der Waals surface area contributed by atoms with Gasteiger partial charge >= 0.3 is 0 Å². The van der Waals surface area contributed by atoms with Crippen molar-refractivity contribution in [3.05, 3.63) is 71.8 Å². The van der Waals surface area contributed by atoms with Gasteiger partial charge in [0.1, 0.15) is 18.4 Å². The van der Waals surface area contributed by atoms with Crippen LogP contribution in [0, 0.1) is 5.92 Å². The highest BCUT2D eigenvalue weighted by Crippen LogP contribution is 2.45. The van der Waals surface area contributed by atoms with Crippen molar-refractivity contribution in [3.8, 4) is 0 Å². The van der Waals surface area contributed by atoms with E-state index in [4.69, 9.17) is 9.57 Å². The number of ether oxygens (including phenoxy) is 1. The lowest BCUT2D eigenvalue weighted by Gasteiger charge is -2.05. The summed E-state index contributed by atoms with van der Waals surface area (Å²) >= 11 is 0. The predicted molar refractivity (Wildman–Crippen MR) is 85.6 cm³/mol. The molecule has 2 atom stereocenters. The fraction of sp³-hybridized carbons (Fsp3) is 0.316. The topological polar surface area (TPSA) is 34.1 Å². The van der Waals surface area contributed by atoms with Crippen molar-refractivity contribution in [3.63, 3.8) is 0 Å². The third kappa shape index (κ3) is 3.04. The lowest BCUT2D eigenvalue weighted by atomic mass is 10.0. The fourth-order valence-electron chi connectivity index (χ4n) is 2.76. The molecule has 112 valence electrons. The molecule has 0 amide bonds. The minimum absolute atomic E-state index is 0.102. The first-order chi connectivity index (χ1) is 10.9. The highest BCUT2D eigenvalue weighted by molar-refractivity contribution is 6.05. The van der Waals surface area contributed by atoms with Gasteiger partial charge in [0.05, 0.1) is 6.10 Å². The van der Waals surface area contributed by atoms with E-state index in [9.17, 15) is 0 Å². The van der Waals surface area contributed by atoms with Crippen molar-refractivity contribution < 1.29 is 9.57 Å². The first-order valence-electron chi connectivity index (χ1n) is 7.86. The van der Waals surface area contributed by atoms with Crippen LogP contribution in [0.3, 0.4) is 0 Å². The number of benzene rings is 2. The standard InChI is InChI=1S/C19H19NO2/c1-3-7-14(8-4-1)13-21-20-17(15-9-5-2-6-10-15)19-18(22-19)16-11-12-16/h1-10,16,18-19H,11-13H2/b20-17+. The summed E-state index contributed by atoms with van der Waals surface area (Å²) in [6.07, 6.45) is 3.02. The van der Waals surface area contributed by atoms with Crippen LogP contribution in [0.15, 0.2) is 65.8 Å². The quantitative estimate of drug-likeness (QED) is 0.461. The molecule has 22 heavy (non-hydrogen) atoms. The van der Waals surface area contributed by atoms with Gasteiger partial charge < -0.3 is 9.57 Å². The molecule has 1 aliphatic carbocycles. The lowest BCUT2D eigenvalue weighted by Crippen LogP contribution is -2.13. The Balaban J connectivity index is 1.48. The average Bonchev–Trinajstić information content (AvgIpc) is 3.46. The molecule has 0 aromatic heterocycles. The predicted octanol–water partition coefficient (Wildman–Crippen LogP) is 3.78. The van der Waals surface area contributed by atoms with Crippen molar-refractivity contribution in [1.82, 2.24) is 0 Å². The number of hydrogen-bond donors (Lipinski definition) is 0. The Morgan fingerprint density at radius 3 is 2.36 bits per heavy atom. The van der Waals surface area contributed by atoms with Crippen LogP contribution in [0.2, 0.25) is 0 Å². The molecule has 2 fully saturated rings. The normalized spacial score (nSPS) is 24.1. The lowest BCUT2D eigenvalue weighted by molar-refractivity contribution is 0.129. The van der Waals surface area contributed by atoms with Crippen molar-refractivity contribution in [1.29, 1.82) is 0 Å². The van der Waals surface area contributed by atoms with Crippen LogP contribution in [0.4, 0.5) is 0 Å². The molecule has 1 saturated carbocycles. The van der Waals surface area contributed by atoms with Gasteiger partial charge in [-0.25, -0.2) is 0 Å². The van der Waals surface area contributed by atoms with E-state index in [1.165, 1.54) is 12.8 Å². The smallest absolute Gasteiger partial charge is 0.142 e. The number of nitrogens with zero attached hydrogens (tertiary/aromatic N) is 1. The van der Waals surface area contributed by atoms with Crippen LogP contribution in [0.1, 0.15) is 24.0 Å². The highest BCUT2D eigenvalue weighted by Gasteiger charge is 2.52. The Hall–Kier alpha value is -2.13. The zero-order valence-electron chi connectivity index (χ0n) is 12.4. The molecule has 0 radical (unpaired) electrons. The number of epoxide rings is 1. The second-order valence-electron chi connectivity index (χ2n) is 5.96. The Bertz CT molecular complexity index is 650. The van der Waals surface area contributed by atoms with Gasteiger partial charge in [-0.05, 0) is 24.3 Å². The molecule has 2 unspecified atom stereocenters. The summed E-state index contributed by atoms with van der Waals surface area (Å²) in [7, 11) is 0. The summed E-state index contributed by atoms with van der Waals surface area (Å²) < 4.78 is 5.85. The maximum Gasteiger partial charge on any atom is 0.142 e. The molecule has 3 heteroatoms. The van der Waals surface area contributed by atoms with Crippen molar-refractivity contribution in [2.45, 2.75) is 31.7 Å². The summed E-state index contributed by atoms with van der Waals surface area (Å²) in [5, 5.41) is 4.40. The Labute approximate surface area is 130 Å². The third-order valence-corrected chi connectivity index (χ3v) is 4.19. The zero-order chi connectivity index (χ0) is 14.8. The van der Waals surface area contributed by atoms with E-state index < -0.39 is 0 Å². The van der Waals surface area contributed by atoms with E-state index in [-0.39, 0.29) is 6.10 Å². The summed E-state index contributed by atoms with van der Waals surface area (Å²) in [6.45, 7) is 0.484. The molecule has 2 aromatic rings. The molecule has 1 saturated heterocycles. The van der Waals surface area contributed by atoms with Crippen molar-refractivity contribution in [2.24, 2.45) is 11.1 Å². The Kier molecular flexibility index (Phi) is 3.65. The molecule has 1 aliphatic heterocycles. The van der Waals surface area contributed by atoms with Crippen LogP contribution in [0.5, 0.6) is 0 Å². The zero-order valence-corrected chi connectivity index (χ0v) is 12.4. The number of rotatable bonds is 6. The van der Waals surface area contributed by atoms with Crippen LogP contribution >= 0.6 is 0 Å². The molecule has 0 N–H and O–H groups in total. The van der Waals surface area contributed by atoms with Gasteiger partial charge in [0.15, 0.2) is 0 Å². The van der Waals surface area contributed by atoms with Gasteiger partial charge in [-0.15, -0.1) is 0 Å². The van der Waals surface area contributed by atoms with E-state index in [0.29, 0.717) is 12.7 Å². The maximum absolute atomic E-state index is 5.85. The minimum atomic E-state index is 0.102. The maximum atomic E-state index is 5.85. The Morgan fingerprint density at radius 1 is 1.00 bits per heavy atom. The van der Waals surface area contributed by atoms with Gasteiger partial charge in [-0.1, -0.05) is 65.8 Å². The highest BCUT2D eigenvalue weighted by atomic mass is 16.6. The molecule has 2 aliphatic rings. The average molecular weight is 293 g/mol. The second-order valence-corrected chi connectivity index (χ2v) is 5.96. The van der Waals surface area contributed by atoms with Gasteiger partial charge in [0, 0.05) is 5.56 Å². The summed E-state index contributed by atoms with van der Waals surface area (Å²) in [5.74, 6) is 0.730. The van der Waals surface area contributed by atoms with E-state index in [1.54, 1.807) is 0 Å². The fourth-order valence-corrected chi connectivity index (χ4v) is 2.76. The SMILES string of the molecule is c1ccc(CO/N=C(\c2ccccc2)C2OC2C2CC2)cc1. The van der Waals surface area contributed by atoms with Crippen molar-refractivity contribution in [2.75, 3.05) is 0 Å². The van der Waals surface area contributed by atoms with Gasteiger partial charge in [0.2, 0.25) is 0 Å². The Morgan fingerprint density at radius 2 is 1.68 bits per heavy atom. The number of hydrogen-bond acceptors (Lipinski definition) is 3. The molecule has 4 rings (SSSR count). The van der Waals surface area contributed by atoms with Crippen LogP contribution < -0.4 is 0 Å². The summed E-state index contributed by atoms with van der Waals surface area (Å²) in [5.41, 5.74) is 3.13. The summed E-state index contributed by atoms with van der Waals surface area (Å²) in [4.78, 5) is 5.59. The molecular formula is C19H19NO2. The second kappa shape index (κ2) is 5.93. The van der Waals surface area contributed by atoms with Crippen molar-refractivity contribution >= 4 is 5.71 Å². The van der Waals surface area contributed by atoms with Crippen LogP contribution in [-0.4, -0.2) is 17.9 Å². The van der Waals surface area contributed by atoms with E-state index >= 15 is 0 Å². The molecule has 0 spiro atoms. The van der Waals surface area contributed by atoms with Crippen LogP contribution in [-0.2, 0) is 16.2 Å². The molecule has 0 bridgehead atoms. The molecule has 3 nitrogen and oxygen atoms in total. The van der Waals surface area contributed by atoms with Gasteiger partial charge in [-0.3, -0.25) is 0 Å². The van der Waals surface area contributed by atoms with Gasteiger partial charge in [0.25, 0.3) is 0 Å². The first-order valence-corrected chi connectivity index (χ1v) is 7.86. The first kappa shape index (κ1) is 13.5. The third-order valence-electron chi connectivity index (χ3n) is 4.19. The monoisotopic (exact) mass is 293 g/mol. The molecular weight excluding hydrogens is 274 g/mol. The van der Waals surface area contributed by atoms with Crippen LogP contribution in [0.25, 0.3) is 0 Å². The van der Waals surface area contributed by atoms with Gasteiger partial charge in [-0.2, -0.15) is 0 Å². The van der Waals surface area contributed by atoms with E-state index in [1.807, 2.05) is 48.5 Å².